The number of aryl methyl sites for hydroxylation is 1. The van der Waals surface area contributed by atoms with Gasteiger partial charge in [0.1, 0.15) is 6.04 Å². The average molecular weight is 453 g/mol. The monoisotopic (exact) mass is 452 g/mol. The summed E-state index contributed by atoms with van der Waals surface area (Å²) in [5.74, 6) is -0.951. The Balaban J connectivity index is 1.67. The van der Waals surface area contributed by atoms with E-state index in [0.29, 0.717) is 31.4 Å². The molecule has 0 radical (unpaired) electrons. The van der Waals surface area contributed by atoms with Crippen LogP contribution in [0.4, 0.5) is 0 Å². The molecule has 3 rings (SSSR count). The number of nitrogens with zero attached hydrogens (tertiary/aromatic N) is 1. The lowest BCUT2D eigenvalue weighted by Gasteiger charge is -2.40. The van der Waals surface area contributed by atoms with Gasteiger partial charge in [0, 0.05) is 18.6 Å². The van der Waals surface area contributed by atoms with Crippen molar-refractivity contribution in [2.45, 2.75) is 51.1 Å². The zero-order valence-electron chi connectivity index (χ0n) is 18.0. The Morgan fingerprint density at radius 1 is 1.16 bits per heavy atom. The lowest BCUT2D eigenvalue weighted by molar-refractivity contribution is -0.138. The number of ether oxygens (including phenoxy) is 1. The number of hydrogen-bond donors (Lipinski definition) is 1. The van der Waals surface area contributed by atoms with Gasteiger partial charge in [0.2, 0.25) is 11.8 Å². The molecular formula is C21H28N2O7S. The number of hydrogen-bond acceptors (Lipinski definition) is 7. The number of carbonyl (C=O) groups excluding carboxylic acids is 3. The number of rotatable bonds is 9. The SMILES string of the molecule is CC1(C)c2c(CCCOCCOS(C)(=O)=O)cccc2C(=O)N1C1CCC(=O)NC1=O. The number of carbonyl (C=O) groups is 3. The Labute approximate surface area is 182 Å². The smallest absolute Gasteiger partial charge is 0.264 e. The molecule has 3 amide bonds. The van der Waals surface area contributed by atoms with Crippen LogP contribution in [0.25, 0.3) is 0 Å². The van der Waals surface area contributed by atoms with Crippen molar-refractivity contribution < 1.29 is 31.7 Å². The van der Waals surface area contributed by atoms with Crippen LogP contribution in [0.2, 0.25) is 0 Å². The molecular weight excluding hydrogens is 424 g/mol. The van der Waals surface area contributed by atoms with Crippen LogP contribution in [0.3, 0.4) is 0 Å². The van der Waals surface area contributed by atoms with Crippen molar-refractivity contribution in [3.8, 4) is 0 Å². The summed E-state index contributed by atoms with van der Waals surface area (Å²) in [7, 11) is -3.47. The minimum atomic E-state index is -3.47. The van der Waals surface area contributed by atoms with Crippen LogP contribution < -0.4 is 5.32 Å². The third-order valence-corrected chi connectivity index (χ3v) is 6.19. The van der Waals surface area contributed by atoms with Gasteiger partial charge in [0.05, 0.1) is 25.0 Å². The Morgan fingerprint density at radius 3 is 2.58 bits per heavy atom. The summed E-state index contributed by atoms with van der Waals surface area (Å²) in [6.07, 6.45) is 2.85. The van der Waals surface area contributed by atoms with Gasteiger partial charge in [-0.1, -0.05) is 12.1 Å². The average Bonchev–Trinajstić information content (AvgIpc) is 2.87. The first kappa shape index (κ1) is 23.4. The predicted molar refractivity (Wildman–Crippen MR) is 112 cm³/mol. The topological polar surface area (TPSA) is 119 Å². The summed E-state index contributed by atoms with van der Waals surface area (Å²) in [4.78, 5) is 38.7. The predicted octanol–water partition coefficient (Wildman–Crippen LogP) is 1.11. The van der Waals surface area contributed by atoms with Crippen LogP contribution in [0.1, 0.15) is 54.6 Å². The van der Waals surface area contributed by atoms with Crippen molar-refractivity contribution in [3.05, 3.63) is 34.9 Å². The van der Waals surface area contributed by atoms with Crippen molar-refractivity contribution in [3.63, 3.8) is 0 Å². The van der Waals surface area contributed by atoms with Gasteiger partial charge in [-0.2, -0.15) is 8.42 Å². The highest BCUT2D eigenvalue weighted by molar-refractivity contribution is 7.85. The molecule has 0 bridgehead atoms. The van der Waals surface area contributed by atoms with Gasteiger partial charge in [-0.25, -0.2) is 0 Å². The highest BCUT2D eigenvalue weighted by atomic mass is 32.2. The van der Waals surface area contributed by atoms with E-state index in [1.54, 1.807) is 11.0 Å². The minimum absolute atomic E-state index is 0.0258. The third kappa shape index (κ3) is 5.13. The summed E-state index contributed by atoms with van der Waals surface area (Å²) in [5.41, 5.74) is 1.77. The van der Waals surface area contributed by atoms with Gasteiger partial charge < -0.3 is 9.64 Å². The molecule has 1 aromatic carbocycles. The molecule has 0 saturated carbocycles. The fourth-order valence-corrected chi connectivity index (χ4v) is 4.75. The standard InChI is InChI=1S/C21H28N2O7S/c1-21(2)18-14(7-5-11-29-12-13-30-31(3,27)28)6-4-8-15(18)20(26)23(21)16-9-10-17(24)22-19(16)25/h4,6,8,16H,5,7,9-13H2,1-3H3,(H,22,24,25). The largest absolute Gasteiger partial charge is 0.379 e. The second-order valence-corrected chi connectivity index (χ2v) is 9.93. The number of nitrogens with one attached hydrogen (secondary N) is 1. The fourth-order valence-electron chi connectivity index (χ4n) is 4.38. The molecule has 1 N–H and O–H groups in total. The quantitative estimate of drug-likeness (QED) is 0.339. The van der Waals surface area contributed by atoms with E-state index in [0.717, 1.165) is 17.4 Å². The van der Waals surface area contributed by atoms with Crippen molar-refractivity contribution in [2.24, 2.45) is 0 Å². The van der Waals surface area contributed by atoms with Crippen LogP contribution in [0.5, 0.6) is 0 Å². The Hall–Kier alpha value is -2.30. The zero-order chi connectivity index (χ0) is 22.8. The van der Waals surface area contributed by atoms with Crippen LogP contribution in [-0.4, -0.2) is 63.2 Å². The lowest BCUT2D eigenvalue weighted by atomic mass is 9.86. The number of amides is 3. The van der Waals surface area contributed by atoms with Crippen LogP contribution in [-0.2, 0) is 40.6 Å². The molecule has 1 unspecified atom stereocenters. The number of benzene rings is 1. The van der Waals surface area contributed by atoms with Crippen molar-refractivity contribution in [1.82, 2.24) is 10.2 Å². The molecule has 170 valence electrons. The molecule has 1 atom stereocenters. The molecule has 1 fully saturated rings. The summed E-state index contributed by atoms with van der Waals surface area (Å²) in [5, 5.41) is 2.34. The van der Waals surface area contributed by atoms with Crippen molar-refractivity contribution in [1.29, 1.82) is 0 Å². The summed E-state index contributed by atoms with van der Waals surface area (Å²) < 4.78 is 31.9. The molecule has 10 heteroatoms. The van der Waals surface area contributed by atoms with Crippen LogP contribution in [0.15, 0.2) is 18.2 Å². The maximum atomic E-state index is 13.2. The summed E-state index contributed by atoms with van der Waals surface area (Å²) in [6, 6.07) is 4.89. The Morgan fingerprint density at radius 2 is 1.90 bits per heavy atom. The highest BCUT2D eigenvalue weighted by Crippen LogP contribution is 2.43. The first-order chi connectivity index (χ1) is 14.5. The molecule has 1 saturated heterocycles. The second kappa shape index (κ2) is 9.05. The summed E-state index contributed by atoms with van der Waals surface area (Å²) in [6.45, 7) is 4.41. The van der Waals surface area contributed by atoms with E-state index in [1.165, 1.54) is 0 Å². The van der Waals surface area contributed by atoms with Gasteiger partial charge in [-0.3, -0.25) is 23.9 Å². The van der Waals surface area contributed by atoms with E-state index in [4.69, 9.17) is 4.74 Å². The molecule has 31 heavy (non-hydrogen) atoms. The second-order valence-electron chi connectivity index (χ2n) is 8.28. The van der Waals surface area contributed by atoms with E-state index in [-0.39, 0.29) is 31.4 Å². The van der Waals surface area contributed by atoms with E-state index in [9.17, 15) is 22.8 Å². The van der Waals surface area contributed by atoms with Gasteiger partial charge in [-0.05, 0) is 50.3 Å². The molecule has 0 aromatic heterocycles. The van der Waals surface area contributed by atoms with Gasteiger partial charge >= 0.3 is 0 Å². The molecule has 2 aliphatic heterocycles. The van der Waals surface area contributed by atoms with Crippen molar-refractivity contribution >= 4 is 27.8 Å². The maximum Gasteiger partial charge on any atom is 0.264 e. The maximum absolute atomic E-state index is 13.2. The number of piperidine rings is 1. The first-order valence-corrected chi connectivity index (χ1v) is 12.1. The fraction of sp³-hybridized carbons (Fsp3) is 0.571. The molecule has 0 aliphatic carbocycles. The zero-order valence-corrected chi connectivity index (χ0v) is 18.8. The minimum Gasteiger partial charge on any atom is -0.379 e. The molecule has 2 aliphatic rings. The molecule has 0 spiro atoms. The van der Waals surface area contributed by atoms with Crippen LogP contribution >= 0.6 is 0 Å². The van der Waals surface area contributed by atoms with E-state index in [1.807, 2.05) is 26.0 Å². The summed E-state index contributed by atoms with van der Waals surface area (Å²) >= 11 is 0. The van der Waals surface area contributed by atoms with Gasteiger partial charge in [0.15, 0.2) is 0 Å². The van der Waals surface area contributed by atoms with E-state index >= 15 is 0 Å². The lowest BCUT2D eigenvalue weighted by Crippen LogP contribution is -2.57. The number of fused-ring (bicyclic) bond motifs is 1. The molecule has 1 aromatic rings. The van der Waals surface area contributed by atoms with E-state index < -0.39 is 27.6 Å². The molecule has 9 nitrogen and oxygen atoms in total. The van der Waals surface area contributed by atoms with Gasteiger partial charge in [-0.15, -0.1) is 0 Å². The van der Waals surface area contributed by atoms with Gasteiger partial charge in [0.25, 0.3) is 16.0 Å². The first-order valence-electron chi connectivity index (χ1n) is 10.2. The highest BCUT2D eigenvalue weighted by Gasteiger charge is 2.50. The van der Waals surface area contributed by atoms with E-state index in [2.05, 4.69) is 9.50 Å². The third-order valence-electron chi connectivity index (χ3n) is 5.60. The normalized spacial score (nSPS) is 20.7. The molecule has 2 heterocycles. The number of imide groups is 1. The Bertz CT molecular complexity index is 987. The van der Waals surface area contributed by atoms with Crippen molar-refractivity contribution in [2.75, 3.05) is 26.1 Å². The Kier molecular flexibility index (Phi) is 6.82. The van der Waals surface area contributed by atoms with Crippen LogP contribution in [0, 0.1) is 0 Å².